The van der Waals surface area contributed by atoms with Crippen LogP contribution in [0.15, 0.2) is 95.9 Å². The molecule has 0 aromatic heterocycles. The number of aromatic nitrogens is 2. The first-order valence-corrected chi connectivity index (χ1v) is 16.3. The lowest BCUT2D eigenvalue weighted by atomic mass is 9.53. The number of fused-ring (bicyclic) bond motifs is 9. The third kappa shape index (κ3) is 2.93. The van der Waals surface area contributed by atoms with E-state index in [0.29, 0.717) is 18.0 Å². The summed E-state index contributed by atoms with van der Waals surface area (Å²) >= 11 is 0. The first kappa shape index (κ1) is 24.7. The molecule has 5 nitrogen and oxygen atoms in total. The lowest BCUT2D eigenvalue weighted by Gasteiger charge is -2.59. The molecule has 2 saturated heterocycles. The molecule has 1 N–H and O–H groups in total. The Hall–Kier alpha value is -3.67. The summed E-state index contributed by atoms with van der Waals surface area (Å²) in [6, 6.07) is 20.8. The molecule has 43 heavy (non-hydrogen) atoms. The Morgan fingerprint density at radius 3 is 2.70 bits per heavy atom. The molecule has 7 heterocycles. The molecular formula is C38H38N4O. The number of piperidine rings is 1. The van der Waals surface area contributed by atoms with Crippen molar-refractivity contribution >= 4 is 16.6 Å². The molecule has 5 heteroatoms. The fraction of sp³-hybridized carbons (Fsp3) is 0.395. The van der Waals surface area contributed by atoms with Crippen molar-refractivity contribution in [3.05, 3.63) is 107 Å². The molecule has 0 radical (unpaired) electrons. The number of pyridine rings is 1. The van der Waals surface area contributed by atoms with Crippen LogP contribution in [0.5, 0.6) is 0 Å². The van der Waals surface area contributed by atoms with Gasteiger partial charge in [-0.1, -0.05) is 54.1 Å². The van der Waals surface area contributed by atoms with Gasteiger partial charge < -0.3 is 14.6 Å². The van der Waals surface area contributed by atoms with Gasteiger partial charge >= 0.3 is 0 Å². The molecule has 8 aliphatic rings. The van der Waals surface area contributed by atoms with E-state index >= 15 is 0 Å². The normalized spacial score (nSPS) is 35.9. The Labute approximate surface area is 253 Å². The first-order chi connectivity index (χ1) is 21.1. The van der Waals surface area contributed by atoms with Crippen LogP contribution in [0.4, 0.5) is 5.69 Å². The summed E-state index contributed by atoms with van der Waals surface area (Å²) in [6.07, 6.45) is 12.1. The first-order valence-electron chi connectivity index (χ1n) is 16.3. The SMILES string of the molecule is C/C=C1/Cn2ccc3c4ccccc4nc-3c2C[C@@H]1C1=CN2c3ccccc3[C@]34CCN5C/C(=C/C)[C@H](C[C@H]53)[C@@H]([C@@H]1O)[C@H]24. The van der Waals surface area contributed by atoms with Crippen LogP contribution in [-0.2, 0) is 18.4 Å². The van der Waals surface area contributed by atoms with Crippen LogP contribution < -0.4 is 4.90 Å². The number of anilines is 1. The maximum absolute atomic E-state index is 12.7. The molecule has 2 bridgehead atoms. The number of hydrogen-bond acceptors (Lipinski definition) is 4. The molecule has 3 fully saturated rings. The molecule has 10 rings (SSSR count). The average Bonchev–Trinajstić information content (AvgIpc) is 3.72. The van der Waals surface area contributed by atoms with Crippen molar-refractivity contribution in [1.82, 2.24) is 14.5 Å². The van der Waals surface area contributed by atoms with Crippen molar-refractivity contribution < 1.29 is 5.11 Å². The van der Waals surface area contributed by atoms with E-state index in [1.165, 1.54) is 51.0 Å². The molecular weight excluding hydrogens is 528 g/mol. The average molecular weight is 567 g/mol. The van der Waals surface area contributed by atoms with Crippen LogP contribution in [0.3, 0.4) is 0 Å². The minimum absolute atomic E-state index is 0.101. The second-order valence-electron chi connectivity index (χ2n) is 13.9. The van der Waals surface area contributed by atoms with E-state index in [2.05, 4.69) is 107 Å². The summed E-state index contributed by atoms with van der Waals surface area (Å²) in [5.41, 5.74) is 11.9. The Morgan fingerprint density at radius 2 is 1.81 bits per heavy atom. The van der Waals surface area contributed by atoms with Crippen molar-refractivity contribution in [3.8, 4) is 11.3 Å². The van der Waals surface area contributed by atoms with Crippen LogP contribution in [0.25, 0.3) is 22.2 Å². The molecule has 1 spiro atoms. The van der Waals surface area contributed by atoms with Crippen molar-refractivity contribution in [2.75, 3.05) is 18.0 Å². The Bertz CT molecular complexity index is 1900. The van der Waals surface area contributed by atoms with E-state index in [0.717, 1.165) is 43.7 Å². The molecule has 7 atom stereocenters. The van der Waals surface area contributed by atoms with Crippen LogP contribution in [-0.4, -0.2) is 50.8 Å². The van der Waals surface area contributed by atoms with Gasteiger partial charge in [-0.25, -0.2) is 4.98 Å². The van der Waals surface area contributed by atoms with Gasteiger partial charge in [-0.15, -0.1) is 0 Å². The molecule has 1 aliphatic carbocycles. The highest BCUT2D eigenvalue weighted by atomic mass is 16.3. The number of nitrogens with zero attached hydrogens (tertiary/aromatic N) is 4. The highest BCUT2D eigenvalue weighted by molar-refractivity contribution is 5.97. The Balaban J connectivity index is 1.15. The van der Waals surface area contributed by atoms with Crippen LogP contribution in [0, 0.1) is 17.8 Å². The van der Waals surface area contributed by atoms with Crippen LogP contribution in [0.2, 0.25) is 0 Å². The van der Waals surface area contributed by atoms with Gasteiger partial charge in [-0.05, 0) is 74.1 Å². The van der Waals surface area contributed by atoms with E-state index in [1.54, 1.807) is 0 Å². The van der Waals surface area contributed by atoms with Crippen molar-refractivity contribution in [2.24, 2.45) is 17.8 Å². The maximum atomic E-state index is 12.7. The number of allylic oxidation sites excluding steroid dienone is 3. The summed E-state index contributed by atoms with van der Waals surface area (Å²) in [5, 5.41) is 13.9. The minimum Gasteiger partial charge on any atom is -0.388 e. The number of hydrogen-bond donors (Lipinski definition) is 1. The minimum atomic E-state index is -0.460. The van der Waals surface area contributed by atoms with Crippen molar-refractivity contribution in [1.29, 1.82) is 0 Å². The predicted octanol–water partition coefficient (Wildman–Crippen LogP) is 6.32. The Morgan fingerprint density at radius 1 is 0.977 bits per heavy atom. The number of benzene rings is 2. The van der Waals surface area contributed by atoms with Gasteiger partial charge in [0, 0.05) is 77.5 Å². The van der Waals surface area contributed by atoms with Gasteiger partial charge in [0.15, 0.2) is 0 Å². The second kappa shape index (κ2) is 8.49. The van der Waals surface area contributed by atoms with Crippen LogP contribution in [0.1, 0.15) is 37.9 Å². The molecule has 0 unspecified atom stereocenters. The summed E-state index contributed by atoms with van der Waals surface area (Å²) in [5.74, 6) is 0.772. The van der Waals surface area contributed by atoms with E-state index in [4.69, 9.17) is 4.98 Å². The fourth-order valence-corrected chi connectivity index (χ4v) is 10.8. The number of aliphatic hydroxyl groups is 1. The van der Waals surface area contributed by atoms with Crippen molar-refractivity contribution in [3.63, 3.8) is 0 Å². The quantitative estimate of drug-likeness (QED) is 0.274. The highest BCUT2D eigenvalue weighted by Gasteiger charge is 2.69. The monoisotopic (exact) mass is 566 g/mol. The fourth-order valence-electron chi connectivity index (χ4n) is 10.8. The van der Waals surface area contributed by atoms with E-state index < -0.39 is 6.10 Å². The molecule has 2 aromatic carbocycles. The largest absolute Gasteiger partial charge is 0.388 e. The molecule has 216 valence electrons. The van der Waals surface area contributed by atoms with Gasteiger partial charge in [-0.3, -0.25) is 4.90 Å². The number of rotatable bonds is 1. The zero-order valence-corrected chi connectivity index (χ0v) is 24.9. The zero-order chi connectivity index (χ0) is 28.6. The topological polar surface area (TPSA) is 44.5 Å². The summed E-state index contributed by atoms with van der Waals surface area (Å²) in [7, 11) is 0. The van der Waals surface area contributed by atoms with Gasteiger partial charge in [0.05, 0.1) is 23.4 Å². The highest BCUT2D eigenvalue weighted by Crippen LogP contribution is 2.65. The summed E-state index contributed by atoms with van der Waals surface area (Å²) in [4.78, 5) is 10.6. The predicted molar refractivity (Wildman–Crippen MR) is 171 cm³/mol. The number of para-hydroxylation sites is 2. The van der Waals surface area contributed by atoms with Gasteiger partial charge in [0.1, 0.15) is 0 Å². The molecule has 2 aromatic rings. The lowest BCUT2D eigenvalue weighted by molar-refractivity contribution is -0.0131. The summed E-state index contributed by atoms with van der Waals surface area (Å²) < 4.78 is 2.40. The third-order valence-electron chi connectivity index (χ3n) is 12.6. The van der Waals surface area contributed by atoms with Crippen molar-refractivity contribution in [2.45, 2.75) is 63.3 Å². The standard InChI is InChI=1S/C38H38N4O/c1-3-22-19-40-15-13-25-24-9-5-7-11-30(24)39-35(25)32(40)17-26(22)28-21-42-31-12-8-6-10-29(31)38-14-16-41-20-23(4-2)27(18-33(38)41)34(36(28)43)37(38)42/h3-13,15,21,26-27,33-34,36-37,43H,14,16-20H2,1-2H3/b22-3-,23-4-/t26-,27-,33-,34-,36+,37-,38+/m0/s1. The smallest absolute Gasteiger partial charge is 0.0911 e. The number of aliphatic hydroxyl groups excluding tert-OH is 1. The molecule has 1 saturated carbocycles. The van der Waals surface area contributed by atoms with Gasteiger partial charge in [0.2, 0.25) is 0 Å². The zero-order valence-electron chi connectivity index (χ0n) is 24.9. The summed E-state index contributed by atoms with van der Waals surface area (Å²) in [6.45, 7) is 7.46. The lowest BCUT2D eigenvalue weighted by Crippen LogP contribution is -2.67. The molecule has 0 amide bonds. The van der Waals surface area contributed by atoms with Crippen LogP contribution >= 0.6 is 0 Å². The molecule has 7 aliphatic heterocycles. The third-order valence-corrected chi connectivity index (χ3v) is 12.6. The van der Waals surface area contributed by atoms with Gasteiger partial charge in [0.25, 0.3) is 0 Å². The second-order valence-corrected chi connectivity index (χ2v) is 13.9. The van der Waals surface area contributed by atoms with E-state index in [1.807, 2.05) is 0 Å². The maximum Gasteiger partial charge on any atom is 0.0911 e. The van der Waals surface area contributed by atoms with Gasteiger partial charge in [-0.2, -0.15) is 0 Å². The Kier molecular flexibility index (Phi) is 4.88. The van der Waals surface area contributed by atoms with E-state index in [-0.39, 0.29) is 17.3 Å². The van der Waals surface area contributed by atoms with E-state index in [9.17, 15) is 5.11 Å².